The molecule has 7 heteroatoms. The van der Waals surface area contributed by atoms with Gasteiger partial charge in [-0.05, 0) is 43.2 Å². The maximum Gasteiger partial charge on any atom is 0.338 e. The number of carbonyl (C=O) groups excluding carboxylic acids is 2. The van der Waals surface area contributed by atoms with E-state index >= 15 is 0 Å². The van der Waals surface area contributed by atoms with Gasteiger partial charge in [-0.2, -0.15) is 0 Å². The van der Waals surface area contributed by atoms with E-state index in [4.69, 9.17) is 9.15 Å². The van der Waals surface area contributed by atoms with Gasteiger partial charge in [0.2, 0.25) is 5.89 Å². The number of hydrogen-bond donors (Lipinski definition) is 1. The number of nitrogens with one attached hydrogen (secondary N) is 1. The zero-order valence-electron chi connectivity index (χ0n) is 14.4. The highest BCUT2D eigenvalue weighted by Gasteiger charge is 2.15. The van der Waals surface area contributed by atoms with Gasteiger partial charge in [0, 0.05) is 5.56 Å². The van der Waals surface area contributed by atoms with Gasteiger partial charge >= 0.3 is 12.0 Å². The Morgan fingerprint density at radius 3 is 2.58 bits per heavy atom. The molecule has 0 aliphatic heterocycles. The summed E-state index contributed by atoms with van der Waals surface area (Å²) < 4.78 is 10.4. The quantitative estimate of drug-likeness (QED) is 0.710. The molecule has 0 unspecified atom stereocenters. The minimum Gasteiger partial charge on any atom is -0.452 e. The van der Waals surface area contributed by atoms with Gasteiger partial charge in [0.25, 0.3) is 5.91 Å². The number of rotatable bonds is 5. The van der Waals surface area contributed by atoms with Gasteiger partial charge in [0.15, 0.2) is 6.61 Å². The van der Waals surface area contributed by atoms with Gasteiger partial charge in [0.1, 0.15) is 0 Å². The summed E-state index contributed by atoms with van der Waals surface area (Å²) in [5, 5.41) is 10.0. The lowest BCUT2D eigenvalue weighted by Gasteiger charge is -2.08. The molecule has 1 heterocycles. The van der Waals surface area contributed by atoms with Gasteiger partial charge < -0.3 is 9.15 Å². The van der Waals surface area contributed by atoms with E-state index in [9.17, 15) is 9.59 Å². The molecule has 0 aliphatic carbocycles. The Morgan fingerprint density at radius 2 is 1.81 bits per heavy atom. The second-order valence-electron chi connectivity index (χ2n) is 5.65. The molecule has 3 rings (SSSR count). The Morgan fingerprint density at radius 1 is 1.04 bits per heavy atom. The lowest BCUT2D eigenvalue weighted by molar-refractivity contribution is -0.119. The smallest absolute Gasteiger partial charge is 0.338 e. The van der Waals surface area contributed by atoms with Crippen molar-refractivity contribution in [3.8, 4) is 11.5 Å². The molecule has 7 nitrogen and oxygen atoms in total. The van der Waals surface area contributed by atoms with Crippen LogP contribution in [0.15, 0.2) is 52.9 Å². The summed E-state index contributed by atoms with van der Waals surface area (Å²) >= 11 is 0. The Hall–Kier alpha value is -3.48. The summed E-state index contributed by atoms with van der Waals surface area (Å²) in [6, 6.07) is 14.4. The number of ether oxygens (including phenoxy) is 1. The maximum atomic E-state index is 12.1. The van der Waals surface area contributed by atoms with Crippen molar-refractivity contribution < 1.29 is 18.7 Å². The van der Waals surface area contributed by atoms with Crippen molar-refractivity contribution >= 4 is 17.9 Å². The lowest BCUT2D eigenvalue weighted by atomic mass is 10.0. The fourth-order valence-corrected chi connectivity index (χ4v) is 2.31. The first-order chi connectivity index (χ1) is 12.5. The van der Waals surface area contributed by atoms with Gasteiger partial charge in [-0.15, -0.1) is 5.10 Å². The molecule has 1 N–H and O–H groups in total. The minimum absolute atomic E-state index is 0.0587. The molecule has 0 fully saturated rings. The number of amides is 1. The van der Waals surface area contributed by atoms with E-state index < -0.39 is 18.5 Å². The van der Waals surface area contributed by atoms with E-state index in [0.29, 0.717) is 5.56 Å². The number of anilines is 1. The van der Waals surface area contributed by atoms with Crippen LogP contribution in [0.5, 0.6) is 0 Å². The molecule has 0 spiro atoms. The molecule has 1 amide bonds. The highest BCUT2D eigenvalue weighted by molar-refractivity contribution is 5.95. The summed E-state index contributed by atoms with van der Waals surface area (Å²) in [6.45, 7) is 3.28. The predicted molar refractivity (Wildman–Crippen MR) is 94.6 cm³/mol. The molecule has 0 atom stereocenters. The monoisotopic (exact) mass is 351 g/mol. The van der Waals surface area contributed by atoms with E-state index in [1.54, 1.807) is 12.1 Å². The molecular formula is C19H17N3O4. The first-order valence-corrected chi connectivity index (χ1v) is 7.96. The summed E-state index contributed by atoms with van der Waals surface area (Å²) in [4.78, 5) is 24.0. The molecule has 0 aliphatic rings. The number of nitrogens with zero attached hydrogens (tertiary/aromatic N) is 2. The summed E-state index contributed by atoms with van der Waals surface area (Å²) in [6.07, 6.45) is 0. The zero-order valence-corrected chi connectivity index (χ0v) is 14.4. The van der Waals surface area contributed by atoms with Crippen LogP contribution in [0.4, 0.5) is 6.01 Å². The first-order valence-electron chi connectivity index (χ1n) is 7.96. The van der Waals surface area contributed by atoms with Crippen molar-refractivity contribution in [2.75, 3.05) is 11.9 Å². The normalized spacial score (nSPS) is 10.4. The van der Waals surface area contributed by atoms with Crippen LogP contribution < -0.4 is 5.32 Å². The van der Waals surface area contributed by atoms with Crippen molar-refractivity contribution in [3.63, 3.8) is 0 Å². The molecule has 0 saturated heterocycles. The average molecular weight is 351 g/mol. The zero-order chi connectivity index (χ0) is 18.5. The van der Waals surface area contributed by atoms with Crippen molar-refractivity contribution in [2.45, 2.75) is 13.8 Å². The van der Waals surface area contributed by atoms with Gasteiger partial charge in [-0.1, -0.05) is 35.4 Å². The largest absolute Gasteiger partial charge is 0.452 e. The number of hydrogen-bond acceptors (Lipinski definition) is 6. The third-order valence-electron chi connectivity index (χ3n) is 3.85. The van der Waals surface area contributed by atoms with Crippen LogP contribution in [-0.2, 0) is 9.53 Å². The fourth-order valence-electron chi connectivity index (χ4n) is 2.31. The fraction of sp³-hybridized carbons (Fsp3) is 0.158. The van der Waals surface area contributed by atoms with E-state index in [1.807, 2.05) is 50.2 Å². The Kier molecular flexibility index (Phi) is 5.07. The highest BCUT2D eigenvalue weighted by Crippen LogP contribution is 2.19. The Bertz CT molecular complexity index is 935. The van der Waals surface area contributed by atoms with Crippen LogP contribution in [0.25, 0.3) is 11.5 Å². The molecule has 132 valence electrons. The van der Waals surface area contributed by atoms with Crippen LogP contribution in [0.3, 0.4) is 0 Å². The second-order valence-corrected chi connectivity index (χ2v) is 5.65. The molecule has 26 heavy (non-hydrogen) atoms. The number of carbonyl (C=O) groups is 2. The standard InChI is InChI=1S/C19H17N3O4/c1-12-7-6-10-15(13(12)2)18(24)25-11-16(23)20-19-22-21-17(26-19)14-8-4-3-5-9-14/h3-10H,11H2,1-2H3,(H,20,22,23). The Balaban J connectivity index is 1.57. The predicted octanol–water partition coefficient (Wildman–Crippen LogP) is 3.15. The van der Waals surface area contributed by atoms with Crippen molar-refractivity contribution in [1.82, 2.24) is 10.2 Å². The van der Waals surface area contributed by atoms with Gasteiger partial charge in [0.05, 0.1) is 5.56 Å². The SMILES string of the molecule is Cc1cccc(C(=O)OCC(=O)Nc2nnc(-c3ccccc3)o2)c1C. The topological polar surface area (TPSA) is 94.3 Å². The number of aromatic nitrogens is 2. The van der Waals surface area contributed by atoms with Crippen LogP contribution in [0.1, 0.15) is 21.5 Å². The number of benzene rings is 2. The van der Waals surface area contributed by atoms with Gasteiger partial charge in [-0.25, -0.2) is 4.79 Å². The van der Waals surface area contributed by atoms with Crippen LogP contribution in [0.2, 0.25) is 0 Å². The van der Waals surface area contributed by atoms with Gasteiger partial charge in [-0.3, -0.25) is 10.1 Å². The molecule has 0 bridgehead atoms. The summed E-state index contributed by atoms with van der Waals surface area (Å²) in [5.74, 6) is -0.836. The molecular weight excluding hydrogens is 334 g/mol. The minimum atomic E-state index is -0.563. The third kappa shape index (κ3) is 3.94. The first kappa shape index (κ1) is 17.3. The molecule has 0 radical (unpaired) electrons. The van der Waals surface area contributed by atoms with Crippen molar-refractivity contribution in [3.05, 3.63) is 65.2 Å². The Labute approximate surface area is 150 Å². The van der Waals surface area contributed by atoms with Crippen LogP contribution in [0, 0.1) is 13.8 Å². The van der Waals surface area contributed by atoms with E-state index in [0.717, 1.165) is 16.7 Å². The van der Waals surface area contributed by atoms with E-state index in [-0.39, 0.29) is 11.9 Å². The number of aryl methyl sites for hydroxylation is 1. The molecule has 2 aromatic carbocycles. The van der Waals surface area contributed by atoms with E-state index in [2.05, 4.69) is 15.5 Å². The van der Waals surface area contributed by atoms with Crippen molar-refractivity contribution in [2.24, 2.45) is 0 Å². The highest BCUT2D eigenvalue weighted by atomic mass is 16.5. The molecule has 3 aromatic rings. The number of esters is 1. The summed E-state index contributed by atoms with van der Waals surface area (Å²) in [5.41, 5.74) is 2.97. The maximum absolute atomic E-state index is 12.1. The van der Waals surface area contributed by atoms with Crippen LogP contribution >= 0.6 is 0 Å². The van der Waals surface area contributed by atoms with E-state index in [1.165, 1.54) is 0 Å². The summed E-state index contributed by atoms with van der Waals surface area (Å²) in [7, 11) is 0. The molecule has 1 aromatic heterocycles. The second kappa shape index (κ2) is 7.60. The average Bonchev–Trinajstić information content (AvgIpc) is 3.11. The van der Waals surface area contributed by atoms with Crippen molar-refractivity contribution in [1.29, 1.82) is 0 Å². The lowest BCUT2D eigenvalue weighted by Crippen LogP contribution is -2.21. The van der Waals surface area contributed by atoms with Crippen LogP contribution in [-0.4, -0.2) is 28.7 Å². The molecule has 0 saturated carbocycles. The third-order valence-corrected chi connectivity index (χ3v) is 3.85.